The zero-order valence-corrected chi connectivity index (χ0v) is 7.85. The first kappa shape index (κ1) is 10.4. The van der Waals surface area contributed by atoms with E-state index >= 15 is 0 Å². The Bertz CT molecular complexity index is 134. The molecule has 0 aliphatic carbocycles. The molecular formula is C10H19N. The molecule has 1 heteroatoms. The second kappa shape index (κ2) is 5.14. The highest BCUT2D eigenvalue weighted by Crippen LogP contribution is 2.16. The van der Waals surface area contributed by atoms with Crippen LogP contribution in [-0.2, 0) is 0 Å². The van der Waals surface area contributed by atoms with Gasteiger partial charge in [0.25, 0.3) is 0 Å². The molecule has 0 aromatic heterocycles. The van der Waals surface area contributed by atoms with Gasteiger partial charge in [-0.25, -0.2) is 0 Å². The molecule has 0 radical (unpaired) electrons. The zero-order chi connectivity index (χ0) is 8.85. The van der Waals surface area contributed by atoms with Crippen molar-refractivity contribution in [3.8, 4) is 0 Å². The lowest BCUT2D eigenvalue weighted by Crippen LogP contribution is -2.32. The molecule has 0 rings (SSSR count). The second-order valence-corrected chi connectivity index (χ2v) is 2.91. The van der Waals surface area contributed by atoms with Crippen molar-refractivity contribution in [3.05, 3.63) is 24.8 Å². The van der Waals surface area contributed by atoms with Crippen LogP contribution in [0.4, 0.5) is 0 Å². The Hall–Kier alpha value is -0.560. The highest BCUT2D eigenvalue weighted by molar-refractivity contribution is 5.08. The minimum absolute atomic E-state index is 0.407. The number of rotatable bonds is 5. The van der Waals surface area contributed by atoms with Crippen molar-refractivity contribution in [1.29, 1.82) is 0 Å². The van der Waals surface area contributed by atoms with Crippen LogP contribution < -0.4 is 5.32 Å². The van der Waals surface area contributed by atoms with Gasteiger partial charge in [-0.1, -0.05) is 25.2 Å². The number of nitrogens with one attached hydrogen (secondary N) is 1. The Morgan fingerprint density at radius 2 is 2.18 bits per heavy atom. The third-order valence-electron chi connectivity index (χ3n) is 2.07. The molecule has 1 nitrogen and oxygen atoms in total. The first-order valence-corrected chi connectivity index (χ1v) is 4.12. The molecule has 0 saturated carbocycles. The topological polar surface area (TPSA) is 12.0 Å². The van der Waals surface area contributed by atoms with Crippen LogP contribution in [0.2, 0.25) is 0 Å². The maximum Gasteiger partial charge on any atom is 0.0161 e. The quantitative estimate of drug-likeness (QED) is 0.598. The first-order chi connectivity index (χ1) is 5.17. The van der Waals surface area contributed by atoms with Gasteiger partial charge < -0.3 is 5.32 Å². The molecule has 0 fully saturated rings. The molecule has 0 spiro atoms. The fourth-order valence-corrected chi connectivity index (χ4v) is 1.35. The summed E-state index contributed by atoms with van der Waals surface area (Å²) in [7, 11) is 1.98. The average molecular weight is 153 g/mol. The van der Waals surface area contributed by atoms with Crippen molar-refractivity contribution in [2.24, 2.45) is 5.92 Å². The summed E-state index contributed by atoms with van der Waals surface area (Å²) in [5, 5.41) is 3.25. The fraction of sp³-hybridized carbons (Fsp3) is 0.600. The molecule has 2 atom stereocenters. The molecule has 0 aromatic rings. The summed E-state index contributed by atoms with van der Waals surface area (Å²) < 4.78 is 0. The Kier molecular flexibility index (Phi) is 4.88. The van der Waals surface area contributed by atoms with Crippen LogP contribution in [-0.4, -0.2) is 13.1 Å². The summed E-state index contributed by atoms with van der Waals surface area (Å²) in [6.45, 7) is 11.9. The molecule has 1 N–H and O–H groups in total. The van der Waals surface area contributed by atoms with E-state index in [1.54, 1.807) is 0 Å². The summed E-state index contributed by atoms with van der Waals surface area (Å²) in [6, 6.07) is 0.491. The predicted molar refractivity (Wildman–Crippen MR) is 51.6 cm³/mol. The van der Waals surface area contributed by atoms with E-state index in [4.69, 9.17) is 0 Å². The van der Waals surface area contributed by atoms with Gasteiger partial charge in [-0.05, 0) is 20.4 Å². The number of hydrogen-bond donors (Lipinski definition) is 1. The van der Waals surface area contributed by atoms with Crippen molar-refractivity contribution < 1.29 is 0 Å². The van der Waals surface area contributed by atoms with E-state index in [0.29, 0.717) is 12.0 Å². The van der Waals surface area contributed by atoms with E-state index < -0.39 is 0 Å². The zero-order valence-electron chi connectivity index (χ0n) is 7.85. The summed E-state index contributed by atoms with van der Waals surface area (Å²) >= 11 is 0. The highest BCUT2D eigenvalue weighted by atomic mass is 14.9. The Labute approximate surface area is 70.2 Å². The fourth-order valence-electron chi connectivity index (χ4n) is 1.35. The van der Waals surface area contributed by atoms with E-state index in [9.17, 15) is 0 Å². The maximum atomic E-state index is 3.93. The average Bonchev–Trinajstić information content (AvgIpc) is 1.99. The molecule has 0 heterocycles. The minimum atomic E-state index is 0.407. The van der Waals surface area contributed by atoms with Crippen LogP contribution >= 0.6 is 0 Å². The van der Waals surface area contributed by atoms with Crippen molar-refractivity contribution in [1.82, 2.24) is 5.32 Å². The van der Waals surface area contributed by atoms with E-state index in [1.807, 2.05) is 20.0 Å². The van der Waals surface area contributed by atoms with E-state index in [1.165, 1.54) is 5.57 Å². The largest absolute Gasteiger partial charge is 0.316 e. The lowest BCUT2D eigenvalue weighted by molar-refractivity contribution is 0.467. The van der Waals surface area contributed by atoms with Crippen molar-refractivity contribution in [3.63, 3.8) is 0 Å². The number of hydrogen-bond acceptors (Lipinski definition) is 1. The normalized spacial score (nSPS) is 15.5. The summed E-state index contributed by atoms with van der Waals surface area (Å²) in [6.07, 6.45) is 3.08. The van der Waals surface area contributed by atoms with Gasteiger partial charge in [0.15, 0.2) is 0 Å². The summed E-state index contributed by atoms with van der Waals surface area (Å²) in [5.41, 5.74) is 1.18. The van der Waals surface area contributed by atoms with Crippen LogP contribution in [0.15, 0.2) is 24.8 Å². The SMILES string of the molecule is C=CC(C(=C)C)C(CC)NC. The van der Waals surface area contributed by atoms with Crippen LogP contribution in [0.5, 0.6) is 0 Å². The molecule has 0 saturated heterocycles. The summed E-state index contributed by atoms with van der Waals surface area (Å²) in [4.78, 5) is 0. The van der Waals surface area contributed by atoms with Gasteiger partial charge in [0, 0.05) is 12.0 Å². The van der Waals surface area contributed by atoms with Crippen molar-refractivity contribution >= 4 is 0 Å². The minimum Gasteiger partial charge on any atom is -0.316 e. The Morgan fingerprint density at radius 1 is 1.64 bits per heavy atom. The predicted octanol–water partition coefficient (Wildman–Crippen LogP) is 2.36. The van der Waals surface area contributed by atoms with Crippen LogP contribution in [0, 0.1) is 5.92 Å². The van der Waals surface area contributed by atoms with Crippen LogP contribution in [0.1, 0.15) is 20.3 Å². The Balaban J connectivity index is 4.20. The lowest BCUT2D eigenvalue weighted by atomic mass is 9.92. The van der Waals surface area contributed by atoms with Crippen LogP contribution in [0.3, 0.4) is 0 Å². The Morgan fingerprint density at radius 3 is 2.27 bits per heavy atom. The van der Waals surface area contributed by atoms with Crippen LogP contribution in [0.25, 0.3) is 0 Å². The van der Waals surface area contributed by atoms with E-state index in [-0.39, 0.29) is 0 Å². The van der Waals surface area contributed by atoms with Gasteiger partial charge in [0.2, 0.25) is 0 Å². The van der Waals surface area contributed by atoms with Gasteiger partial charge >= 0.3 is 0 Å². The third kappa shape index (κ3) is 2.89. The first-order valence-electron chi connectivity index (χ1n) is 4.12. The maximum absolute atomic E-state index is 3.93. The molecule has 11 heavy (non-hydrogen) atoms. The highest BCUT2D eigenvalue weighted by Gasteiger charge is 2.14. The molecule has 0 aliphatic rings. The second-order valence-electron chi connectivity index (χ2n) is 2.91. The molecule has 64 valence electrons. The third-order valence-corrected chi connectivity index (χ3v) is 2.07. The molecular weight excluding hydrogens is 134 g/mol. The van der Waals surface area contributed by atoms with Gasteiger partial charge in [0.1, 0.15) is 0 Å². The van der Waals surface area contributed by atoms with E-state index in [2.05, 4.69) is 25.4 Å². The lowest BCUT2D eigenvalue weighted by Gasteiger charge is -2.22. The molecule has 2 unspecified atom stereocenters. The molecule has 0 bridgehead atoms. The van der Waals surface area contributed by atoms with Gasteiger partial charge in [-0.2, -0.15) is 0 Å². The molecule has 0 aromatic carbocycles. The van der Waals surface area contributed by atoms with Gasteiger partial charge in [0.05, 0.1) is 0 Å². The molecule has 0 aliphatic heterocycles. The smallest absolute Gasteiger partial charge is 0.0161 e. The van der Waals surface area contributed by atoms with Crippen molar-refractivity contribution in [2.45, 2.75) is 26.3 Å². The molecule has 0 amide bonds. The monoisotopic (exact) mass is 153 g/mol. The summed E-state index contributed by atoms with van der Waals surface area (Å²) in [5.74, 6) is 0.407. The van der Waals surface area contributed by atoms with E-state index in [0.717, 1.165) is 6.42 Å². The van der Waals surface area contributed by atoms with Crippen molar-refractivity contribution in [2.75, 3.05) is 7.05 Å². The standard InChI is InChI=1S/C10H19N/c1-6-9(8(3)4)10(7-2)11-5/h6,9-11H,1,3,7H2,2,4-5H3. The van der Waals surface area contributed by atoms with Gasteiger partial charge in [-0.15, -0.1) is 6.58 Å². The van der Waals surface area contributed by atoms with Gasteiger partial charge in [-0.3, -0.25) is 0 Å².